The van der Waals surface area contributed by atoms with Gasteiger partial charge >= 0.3 is 0 Å². The summed E-state index contributed by atoms with van der Waals surface area (Å²) in [5.74, 6) is -0.396. The Morgan fingerprint density at radius 3 is 1.94 bits per heavy atom. The Morgan fingerprint density at radius 1 is 0.857 bits per heavy atom. The highest BCUT2D eigenvalue weighted by molar-refractivity contribution is 7.91. The van der Waals surface area contributed by atoms with E-state index in [0.717, 1.165) is 11.1 Å². The molecule has 0 amide bonds. The zero-order valence-electron chi connectivity index (χ0n) is 28.9. The standard InChI is InChI=1S/C41H48O6SSi/c1-31-27-34(30-46-49(40(2,3)4,36-21-13-7-14-22-36)37-23-15-8-16-24-37)41(28-38(31)42)33(25-26-48(43,44)35-19-11-6-12-20-35)29-45-39(47-41)32-17-9-5-10-18-32/h5-25,31,34,38-39,42H,26-30H2,1-4H3/b33-25+/t31-,34-,38-,39+,41+/m0/s1. The summed E-state index contributed by atoms with van der Waals surface area (Å²) in [4.78, 5) is 0.268. The summed E-state index contributed by atoms with van der Waals surface area (Å²) in [7, 11) is -6.54. The molecule has 6 nitrogen and oxygen atoms in total. The topological polar surface area (TPSA) is 82.1 Å². The van der Waals surface area contributed by atoms with E-state index in [-0.39, 0.29) is 34.1 Å². The highest BCUT2D eigenvalue weighted by atomic mass is 32.2. The van der Waals surface area contributed by atoms with Gasteiger partial charge in [0.15, 0.2) is 16.1 Å². The monoisotopic (exact) mass is 696 g/mol. The zero-order chi connectivity index (χ0) is 34.7. The van der Waals surface area contributed by atoms with Crippen molar-refractivity contribution in [2.45, 2.75) is 68.5 Å². The first-order chi connectivity index (χ1) is 23.5. The number of aliphatic hydroxyl groups is 1. The summed E-state index contributed by atoms with van der Waals surface area (Å²) >= 11 is 0. The highest BCUT2D eigenvalue weighted by Crippen LogP contribution is 2.50. The Hall–Kier alpha value is -3.37. The Morgan fingerprint density at radius 2 is 1.39 bits per heavy atom. The summed E-state index contributed by atoms with van der Waals surface area (Å²) in [5, 5.41) is 13.7. The molecule has 49 heavy (non-hydrogen) atoms. The predicted molar refractivity (Wildman–Crippen MR) is 197 cm³/mol. The van der Waals surface area contributed by atoms with Crippen molar-refractivity contribution < 1.29 is 27.4 Å². The van der Waals surface area contributed by atoms with Crippen LogP contribution in [0.2, 0.25) is 5.04 Å². The molecule has 4 aromatic rings. The van der Waals surface area contributed by atoms with Gasteiger partial charge in [-0.15, -0.1) is 0 Å². The van der Waals surface area contributed by atoms with Crippen LogP contribution in [0, 0.1) is 11.8 Å². The third-order valence-electron chi connectivity index (χ3n) is 10.4. The van der Waals surface area contributed by atoms with Gasteiger partial charge in [0.05, 0.1) is 23.4 Å². The molecule has 258 valence electrons. The number of aliphatic hydroxyl groups excluding tert-OH is 1. The Bertz CT molecular complexity index is 1770. The van der Waals surface area contributed by atoms with E-state index in [4.69, 9.17) is 13.9 Å². The van der Waals surface area contributed by atoms with Crippen molar-refractivity contribution in [1.29, 1.82) is 0 Å². The smallest absolute Gasteiger partial charge is 0.261 e. The van der Waals surface area contributed by atoms with Gasteiger partial charge in [-0.1, -0.05) is 143 Å². The summed E-state index contributed by atoms with van der Waals surface area (Å²) in [6.07, 6.45) is 1.39. The highest BCUT2D eigenvalue weighted by Gasteiger charge is 2.56. The van der Waals surface area contributed by atoms with Crippen LogP contribution < -0.4 is 10.4 Å². The van der Waals surface area contributed by atoms with E-state index >= 15 is 0 Å². The summed E-state index contributed by atoms with van der Waals surface area (Å²) < 4.78 is 47.9. The molecule has 0 aromatic heterocycles. The van der Waals surface area contributed by atoms with Gasteiger partial charge in [-0.3, -0.25) is 0 Å². The summed E-state index contributed by atoms with van der Waals surface area (Å²) in [5.41, 5.74) is 0.598. The van der Waals surface area contributed by atoms with E-state index in [1.54, 1.807) is 36.4 Å². The number of hydrogen-bond acceptors (Lipinski definition) is 6. The summed E-state index contributed by atoms with van der Waals surface area (Å²) in [6.45, 7) is 9.41. The Labute approximate surface area is 292 Å². The molecule has 2 aliphatic rings. The van der Waals surface area contributed by atoms with Crippen LogP contribution >= 0.6 is 0 Å². The molecule has 0 unspecified atom stereocenters. The lowest BCUT2D eigenvalue weighted by atomic mass is 9.66. The molecule has 6 rings (SSSR count). The van der Waals surface area contributed by atoms with Gasteiger partial charge in [0.1, 0.15) is 5.60 Å². The number of ether oxygens (including phenoxy) is 2. The van der Waals surface area contributed by atoms with Crippen molar-refractivity contribution >= 4 is 28.5 Å². The van der Waals surface area contributed by atoms with Crippen LogP contribution in [0.1, 0.15) is 52.4 Å². The van der Waals surface area contributed by atoms with E-state index in [1.807, 2.05) is 42.5 Å². The van der Waals surface area contributed by atoms with Gasteiger partial charge in [-0.05, 0) is 45.5 Å². The average Bonchev–Trinajstić information content (AvgIpc) is 3.11. The fraction of sp³-hybridized carbons (Fsp3) is 0.366. The molecule has 1 saturated heterocycles. The van der Waals surface area contributed by atoms with Gasteiger partial charge in [-0.2, -0.15) is 0 Å². The lowest BCUT2D eigenvalue weighted by molar-refractivity contribution is -0.270. The third-order valence-corrected chi connectivity index (χ3v) is 17.0. The average molecular weight is 697 g/mol. The minimum absolute atomic E-state index is 0.00528. The SMILES string of the molecule is C[C@H]1C[C@@H](CO[Si](c2ccccc2)(c2ccccc2)C(C)(C)C)[C@]2(C[C@@H]1O)O[C@H](c1ccccc1)OC/C2=C\CS(=O)(=O)c1ccccc1. The van der Waals surface area contributed by atoms with E-state index in [0.29, 0.717) is 19.4 Å². The first-order valence-corrected chi connectivity index (χ1v) is 20.8. The molecule has 0 radical (unpaired) electrons. The van der Waals surface area contributed by atoms with Gasteiger partial charge < -0.3 is 19.0 Å². The van der Waals surface area contributed by atoms with Gasteiger partial charge in [0, 0.05) is 24.5 Å². The van der Waals surface area contributed by atoms with Crippen molar-refractivity contribution in [3.05, 3.63) is 139 Å². The van der Waals surface area contributed by atoms with Crippen LogP contribution in [0.4, 0.5) is 0 Å². The fourth-order valence-electron chi connectivity index (χ4n) is 7.73. The second-order valence-corrected chi connectivity index (χ2v) is 20.9. The predicted octanol–water partition coefficient (Wildman–Crippen LogP) is 6.85. The quantitative estimate of drug-likeness (QED) is 0.152. The van der Waals surface area contributed by atoms with Gasteiger partial charge in [0.2, 0.25) is 0 Å². The van der Waals surface area contributed by atoms with E-state index in [9.17, 15) is 13.5 Å². The van der Waals surface area contributed by atoms with E-state index in [2.05, 4.69) is 76.2 Å². The van der Waals surface area contributed by atoms with Crippen LogP contribution in [0.5, 0.6) is 0 Å². The van der Waals surface area contributed by atoms with Crippen molar-refractivity contribution in [1.82, 2.24) is 0 Å². The van der Waals surface area contributed by atoms with Crippen molar-refractivity contribution in [3.8, 4) is 0 Å². The van der Waals surface area contributed by atoms with Crippen molar-refractivity contribution in [2.75, 3.05) is 19.0 Å². The minimum atomic E-state index is -3.62. The molecule has 1 aliphatic carbocycles. The zero-order valence-corrected chi connectivity index (χ0v) is 30.7. The van der Waals surface area contributed by atoms with Gasteiger partial charge in [0.25, 0.3) is 8.32 Å². The first kappa shape index (κ1) is 35.5. The fourth-order valence-corrected chi connectivity index (χ4v) is 13.5. The number of benzene rings is 4. The number of rotatable bonds is 9. The lowest BCUT2D eigenvalue weighted by Gasteiger charge is -2.54. The van der Waals surface area contributed by atoms with Crippen molar-refractivity contribution in [2.24, 2.45) is 11.8 Å². The molecule has 1 N–H and O–H groups in total. The molecular formula is C41H48O6SSi. The second-order valence-electron chi connectivity index (χ2n) is 14.5. The molecule has 0 bridgehead atoms. The third kappa shape index (κ3) is 7.13. The molecule has 4 aromatic carbocycles. The molecule has 1 spiro atoms. The molecule has 8 heteroatoms. The van der Waals surface area contributed by atoms with Crippen molar-refractivity contribution in [3.63, 3.8) is 0 Å². The second kappa shape index (κ2) is 14.5. The first-order valence-electron chi connectivity index (χ1n) is 17.2. The molecule has 5 atom stereocenters. The normalized spacial score (nSPS) is 25.8. The van der Waals surface area contributed by atoms with Crippen LogP contribution in [0.25, 0.3) is 0 Å². The summed E-state index contributed by atoms with van der Waals surface area (Å²) in [6, 6.07) is 39.4. The van der Waals surface area contributed by atoms with E-state index in [1.165, 1.54) is 10.4 Å². The number of hydrogen-bond donors (Lipinski definition) is 1. The molecule has 1 aliphatic heterocycles. The largest absolute Gasteiger partial charge is 0.407 e. The minimum Gasteiger partial charge on any atom is -0.407 e. The number of sulfone groups is 1. The van der Waals surface area contributed by atoms with Crippen LogP contribution in [0.3, 0.4) is 0 Å². The molecule has 1 heterocycles. The van der Waals surface area contributed by atoms with E-state index < -0.39 is 36.1 Å². The van der Waals surface area contributed by atoms with Gasteiger partial charge in [-0.25, -0.2) is 8.42 Å². The maximum Gasteiger partial charge on any atom is 0.261 e. The Balaban J connectivity index is 1.45. The Kier molecular flexibility index (Phi) is 10.5. The molecule has 1 saturated carbocycles. The maximum absolute atomic E-state index is 13.5. The van der Waals surface area contributed by atoms with Crippen LogP contribution in [-0.4, -0.2) is 52.5 Å². The lowest BCUT2D eigenvalue weighted by Crippen LogP contribution is -2.67. The van der Waals surface area contributed by atoms with Crippen LogP contribution in [0.15, 0.2) is 138 Å². The van der Waals surface area contributed by atoms with Crippen LogP contribution in [-0.2, 0) is 23.7 Å². The molecule has 2 fully saturated rings. The maximum atomic E-state index is 13.5. The molecular weight excluding hydrogens is 649 g/mol.